The largest absolute Gasteiger partial charge is 0.376 e. The maximum Gasteiger partial charge on any atom is 0.0809 e. The first kappa shape index (κ1) is 13.9. The standard InChI is InChI=1S/C13H27NO2/c1-4-8-14-11-13(3,5-2)16-10-12-7-6-9-15-12/h12,14H,4-11H2,1-3H3. The quantitative estimate of drug-likeness (QED) is 0.648. The lowest BCUT2D eigenvalue weighted by atomic mass is 10.0. The minimum absolute atomic E-state index is 0.0406. The topological polar surface area (TPSA) is 30.5 Å². The van der Waals surface area contributed by atoms with E-state index in [1.54, 1.807) is 0 Å². The highest BCUT2D eigenvalue weighted by atomic mass is 16.5. The highest BCUT2D eigenvalue weighted by molar-refractivity contribution is 4.77. The average molecular weight is 229 g/mol. The molecular formula is C13H27NO2. The van der Waals surface area contributed by atoms with Gasteiger partial charge in [0.05, 0.1) is 18.3 Å². The SMILES string of the molecule is CCCNCC(C)(CC)OCC1CCCO1. The lowest BCUT2D eigenvalue weighted by molar-refractivity contribution is -0.0749. The predicted molar refractivity (Wildman–Crippen MR) is 66.8 cm³/mol. The lowest BCUT2D eigenvalue weighted by Gasteiger charge is -2.30. The molecule has 2 unspecified atom stereocenters. The molecule has 0 bridgehead atoms. The first-order valence-electron chi connectivity index (χ1n) is 6.66. The van der Waals surface area contributed by atoms with E-state index in [2.05, 4.69) is 26.1 Å². The van der Waals surface area contributed by atoms with Crippen LogP contribution in [-0.4, -0.2) is 38.0 Å². The summed E-state index contributed by atoms with van der Waals surface area (Å²) >= 11 is 0. The molecule has 2 atom stereocenters. The normalized spacial score (nSPS) is 24.6. The van der Waals surface area contributed by atoms with Crippen molar-refractivity contribution in [3.8, 4) is 0 Å². The summed E-state index contributed by atoms with van der Waals surface area (Å²) in [5.41, 5.74) is -0.0406. The Morgan fingerprint density at radius 1 is 1.44 bits per heavy atom. The Morgan fingerprint density at radius 3 is 2.81 bits per heavy atom. The van der Waals surface area contributed by atoms with Gasteiger partial charge in [0.15, 0.2) is 0 Å². The van der Waals surface area contributed by atoms with Crippen molar-refractivity contribution >= 4 is 0 Å². The van der Waals surface area contributed by atoms with Crippen molar-refractivity contribution < 1.29 is 9.47 Å². The van der Waals surface area contributed by atoms with Gasteiger partial charge in [0.2, 0.25) is 0 Å². The summed E-state index contributed by atoms with van der Waals surface area (Å²) < 4.78 is 11.6. The number of hydrogen-bond donors (Lipinski definition) is 1. The molecule has 0 saturated carbocycles. The summed E-state index contributed by atoms with van der Waals surface area (Å²) in [5.74, 6) is 0. The maximum atomic E-state index is 6.02. The second kappa shape index (κ2) is 7.25. The molecule has 0 radical (unpaired) electrons. The van der Waals surface area contributed by atoms with Crippen LogP contribution in [-0.2, 0) is 9.47 Å². The summed E-state index contributed by atoms with van der Waals surface area (Å²) in [6, 6.07) is 0. The fourth-order valence-electron chi connectivity index (χ4n) is 1.88. The van der Waals surface area contributed by atoms with Gasteiger partial charge in [-0.3, -0.25) is 0 Å². The molecule has 0 aromatic carbocycles. The van der Waals surface area contributed by atoms with E-state index in [0.717, 1.165) is 39.1 Å². The summed E-state index contributed by atoms with van der Waals surface area (Å²) in [6.07, 6.45) is 4.88. The zero-order chi connectivity index (χ0) is 11.9. The van der Waals surface area contributed by atoms with E-state index in [9.17, 15) is 0 Å². The molecule has 0 aromatic rings. The summed E-state index contributed by atoms with van der Waals surface area (Å²) in [5, 5.41) is 3.44. The van der Waals surface area contributed by atoms with Crippen LogP contribution in [0.4, 0.5) is 0 Å². The third-order valence-electron chi connectivity index (χ3n) is 3.32. The van der Waals surface area contributed by atoms with Crippen LogP contribution in [0.3, 0.4) is 0 Å². The molecule has 0 aromatic heterocycles. The minimum Gasteiger partial charge on any atom is -0.376 e. The summed E-state index contributed by atoms with van der Waals surface area (Å²) in [7, 11) is 0. The Kier molecular flexibility index (Phi) is 6.32. The third kappa shape index (κ3) is 4.81. The van der Waals surface area contributed by atoms with Gasteiger partial charge in [-0.2, -0.15) is 0 Å². The van der Waals surface area contributed by atoms with E-state index in [1.165, 1.54) is 12.8 Å². The Labute approximate surface area is 99.9 Å². The lowest BCUT2D eigenvalue weighted by Crippen LogP contribution is -2.41. The molecule has 0 aliphatic carbocycles. The number of hydrogen-bond acceptors (Lipinski definition) is 3. The smallest absolute Gasteiger partial charge is 0.0809 e. The van der Waals surface area contributed by atoms with Crippen LogP contribution in [0.15, 0.2) is 0 Å². The van der Waals surface area contributed by atoms with Gasteiger partial charge in [0.25, 0.3) is 0 Å². The second-order valence-electron chi connectivity index (χ2n) is 4.93. The molecular weight excluding hydrogens is 202 g/mol. The summed E-state index contributed by atoms with van der Waals surface area (Å²) in [4.78, 5) is 0. The van der Waals surface area contributed by atoms with Crippen molar-refractivity contribution in [1.82, 2.24) is 5.32 Å². The molecule has 1 rings (SSSR count). The van der Waals surface area contributed by atoms with E-state index in [1.807, 2.05) is 0 Å². The van der Waals surface area contributed by atoms with E-state index < -0.39 is 0 Å². The van der Waals surface area contributed by atoms with Crippen LogP contribution in [0.2, 0.25) is 0 Å². The highest BCUT2D eigenvalue weighted by Gasteiger charge is 2.25. The molecule has 1 aliphatic heterocycles. The molecule has 1 aliphatic rings. The molecule has 1 heterocycles. The fourth-order valence-corrected chi connectivity index (χ4v) is 1.88. The number of rotatable bonds is 8. The van der Waals surface area contributed by atoms with Gasteiger partial charge in [-0.05, 0) is 39.2 Å². The molecule has 3 nitrogen and oxygen atoms in total. The molecule has 0 amide bonds. The molecule has 1 fully saturated rings. The van der Waals surface area contributed by atoms with Crippen LogP contribution in [0, 0.1) is 0 Å². The van der Waals surface area contributed by atoms with Gasteiger partial charge in [0.1, 0.15) is 0 Å². The van der Waals surface area contributed by atoms with E-state index in [-0.39, 0.29) is 5.60 Å². The maximum absolute atomic E-state index is 6.02. The minimum atomic E-state index is -0.0406. The van der Waals surface area contributed by atoms with Crippen molar-refractivity contribution in [3.63, 3.8) is 0 Å². The Bertz CT molecular complexity index is 181. The molecule has 0 spiro atoms. The van der Waals surface area contributed by atoms with E-state index in [0.29, 0.717) is 6.10 Å². The average Bonchev–Trinajstić information content (AvgIpc) is 2.80. The Morgan fingerprint density at radius 2 is 2.25 bits per heavy atom. The predicted octanol–water partition coefficient (Wildman–Crippen LogP) is 2.35. The van der Waals surface area contributed by atoms with Gasteiger partial charge in [0, 0.05) is 13.2 Å². The van der Waals surface area contributed by atoms with E-state index in [4.69, 9.17) is 9.47 Å². The zero-order valence-corrected chi connectivity index (χ0v) is 11.1. The van der Waals surface area contributed by atoms with Crippen LogP contribution in [0.5, 0.6) is 0 Å². The van der Waals surface area contributed by atoms with Gasteiger partial charge >= 0.3 is 0 Å². The van der Waals surface area contributed by atoms with Crippen molar-refractivity contribution in [3.05, 3.63) is 0 Å². The van der Waals surface area contributed by atoms with Crippen LogP contribution < -0.4 is 5.32 Å². The van der Waals surface area contributed by atoms with Crippen molar-refractivity contribution in [2.24, 2.45) is 0 Å². The van der Waals surface area contributed by atoms with Crippen LogP contribution in [0.25, 0.3) is 0 Å². The van der Waals surface area contributed by atoms with Gasteiger partial charge in [-0.15, -0.1) is 0 Å². The molecule has 1 saturated heterocycles. The Balaban J connectivity index is 2.21. The number of ether oxygens (including phenoxy) is 2. The third-order valence-corrected chi connectivity index (χ3v) is 3.32. The van der Waals surface area contributed by atoms with Gasteiger partial charge in [-0.1, -0.05) is 13.8 Å². The van der Waals surface area contributed by atoms with Crippen molar-refractivity contribution in [2.75, 3.05) is 26.3 Å². The first-order valence-corrected chi connectivity index (χ1v) is 6.66. The van der Waals surface area contributed by atoms with Gasteiger partial charge < -0.3 is 14.8 Å². The van der Waals surface area contributed by atoms with Crippen molar-refractivity contribution in [2.45, 2.75) is 58.2 Å². The second-order valence-corrected chi connectivity index (χ2v) is 4.93. The number of nitrogens with one attached hydrogen (secondary N) is 1. The summed E-state index contributed by atoms with van der Waals surface area (Å²) in [6.45, 7) is 10.2. The molecule has 1 N–H and O–H groups in total. The monoisotopic (exact) mass is 229 g/mol. The van der Waals surface area contributed by atoms with Crippen LogP contribution >= 0.6 is 0 Å². The Hall–Kier alpha value is -0.120. The fraction of sp³-hybridized carbons (Fsp3) is 1.00. The molecule has 96 valence electrons. The molecule has 3 heteroatoms. The highest BCUT2D eigenvalue weighted by Crippen LogP contribution is 2.18. The van der Waals surface area contributed by atoms with Crippen molar-refractivity contribution in [1.29, 1.82) is 0 Å². The van der Waals surface area contributed by atoms with Gasteiger partial charge in [-0.25, -0.2) is 0 Å². The van der Waals surface area contributed by atoms with Crippen LogP contribution in [0.1, 0.15) is 46.5 Å². The first-order chi connectivity index (χ1) is 7.70. The zero-order valence-electron chi connectivity index (χ0n) is 11.1. The van der Waals surface area contributed by atoms with E-state index >= 15 is 0 Å². The molecule has 16 heavy (non-hydrogen) atoms.